The number of halogens is 1. The number of anilines is 1. The Bertz CT molecular complexity index is 447. The van der Waals surface area contributed by atoms with Crippen molar-refractivity contribution in [1.82, 2.24) is 0 Å². The van der Waals surface area contributed by atoms with E-state index in [4.69, 9.17) is 5.11 Å². The second-order valence-corrected chi connectivity index (χ2v) is 4.55. The van der Waals surface area contributed by atoms with Crippen LogP contribution in [0.25, 0.3) is 0 Å². The van der Waals surface area contributed by atoms with Gasteiger partial charge in [-0.1, -0.05) is 12.1 Å². The van der Waals surface area contributed by atoms with Crippen LogP contribution in [0.4, 0.5) is 5.69 Å². The molecule has 84 valence electrons. The van der Waals surface area contributed by atoms with E-state index >= 15 is 0 Å². The number of carbonyl (C=O) groups excluding carboxylic acids is 1. The molecular weight excluding hydrogens is 274 g/mol. The van der Waals surface area contributed by atoms with Gasteiger partial charge >= 0.3 is 5.97 Å². The zero-order valence-corrected chi connectivity index (χ0v) is 9.98. The molecule has 5 heteroatoms. The summed E-state index contributed by atoms with van der Waals surface area (Å²) in [6, 6.07) is 7.30. The number of aliphatic carboxylic acids is 1. The van der Waals surface area contributed by atoms with Crippen LogP contribution in [0, 0.1) is 5.92 Å². The Morgan fingerprint density at radius 1 is 1.44 bits per heavy atom. The number of nitrogens with zero attached hydrogens (tertiary/aromatic N) is 1. The molecule has 0 unspecified atom stereocenters. The van der Waals surface area contributed by atoms with E-state index in [2.05, 4.69) is 15.9 Å². The molecule has 1 aliphatic rings. The van der Waals surface area contributed by atoms with E-state index in [9.17, 15) is 9.59 Å². The highest BCUT2D eigenvalue weighted by molar-refractivity contribution is 9.10. The normalized spacial score (nSPS) is 20.2. The molecule has 1 aromatic rings. The van der Waals surface area contributed by atoms with Crippen LogP contribution in [0.3, 0.4) is 0 Å². The molecule has 0 spiro atoms. The van der Waals surface area contributed by atoms with Crippen molar-refractivity contribution in [1.29, 1.82) is 0 Å². The fraction of sp³-hybridized carbons (Fsp3) is 0.273. The lowest BCUT2D eigenvalue weighted by molar-refractivity contribution is -0.141. The summed E-state index contributed by atoms with van der Waals surface area (Å²) in [7, 11) is 0. The third-order valence-corrected chi connectivity index (χ3v) is 3.29. The second-order valence-electron chi connectivity index (χ2n) is 3.70. The van der Waals surface area contributed by atoms with E-state index < -0.39 is 11.9 Å². The predicted molar refractivity (Wildman–Crippen MR) is 62.2 cm³/mol. The maximum Gasteiger partial charge on any atom is 0.308 e. The number of carboxylic acids is 1. The van der Waals surface area contributed by atoms with E-state index in [0.717, 1.165) is 10.2 Å². The first-order valence-corrected chi connectivity index (χ1v) is 5.66. The van der Waals surface area contributed by atoms with Crippen molar-refractivity contribution in [3.05, 3.63) is 28.7 Å². The van der Waals surface area contributed by atoms with Crippen molar-refractivity contribution in [2.24, 2.45) is 5.92 Å². The number of amides is 1. The van der Waals surface area contributed by atoms with Crippen molar-refractivity contribution in [3.63, 3.8) is 0 Å². The SMILES string of the molecule is O=C(O)[C@@H]1CC(=O)N(c2ccccc2Br)C1. The Morgan fingerprint density at radius 2 is 2.12 bits per heavy atom. The first-order valence-electron chi connectivity index (χ1n) is 4.87. The predicted octanol–water partition coefficient (Wildman–Crippen LogP) is 1.89. The molecule has 1 N–H and O–H groups in total. The molecule has 1 aliphatic heterocycles. The summed E-state index contributed by atoms with van der Waals surface area (Å²) in [6.45, 7) is 0.247. The van der Waals surface area contributed by atoms with Gasteiger partial charge in [0, 0.05) is 17.4 Å². The van der Waals surface area contributed by atoms with Crippen LogP contribution >= 0.6 is 15.9 Å². The van der Waals surface area contributed by atoms with Crippen molar-refractivity contribution in [3.8, 4) is 0 Å². The van der Waals surface area contributed by atoms with Gasteiger partial charge in [-0.2, -0.15) is 0 Å². The molecule has 1 aromatic carbocycles. The van der Waals surface area contributed by atoms with Gasteiger partial charge in [0.1, 0.15) is 0 Å². The smallest absolute Gasteiger partial charge is 0.308 e. The monoisotopic (exact) mass is 283 g/mol. The molecule has 0 bridgehead atoms. The van der Waals surface area contributed by atoms with Gasteiger partial charge in [0.25, 0.3) is 0 Å². The number of carbonyl (C=O) groups is 2. The van der Waals surface area contributed by atoms with Crippen molar-refractivity contribution in [2.75, 3.05) is 11.4 Å². The van der Waals surface area contributed by atoms with Crippen LogP contribution in [-0.4, -0.2) is 23.5 Å². The summed E-state index contributed by atoms with van der Waals surface area (Å²) in [5, 5.41) is 8.87. The zero-order valence-electron chi connectivity index (χ0n) is 8.39. The lowest BCUT2D eigenvalue weighted by atomic mass is 10.1. The van der Waals surface area contributed by atoms with Gasteiger partial charge in [-0.15, -0.1) is 0 Å². The van der Waals surface area contributed by atoms with Crippen LogP contribution in [0.5, 0.6) is 0 Å². The van der Waals surface area contributed by atoms with Crippen LogP contribution in [0.2, 0.25) is 0 Å². The average molecular weight is 284 g/mol. The first kappa shape index (κ1) is 11.1. The molecule has 2 rings (SSSR count). The van der Waals surface area contributed by atoms with Crippen LogP contribution in [-0.2, 0) is 9.59 Å². The van der Waals surface area contributed by atoms with E-state index in [-0.39, 0.29) is 18.9 Å². The Kier molecular flexibility index (Phi) is 2.96. The summed E-state index contributed by atoms with van der Waals surface area (Å²) in [6.07, 6.45) is 0.0800. The molecule has 4 nitrogen and oxygen atoms in total. The van der Waals surface area contributed by atoms with Gasteiger partial charge < -0.3 is 10.0 Å². The molecule has 0 aromatic heterocycles. The Balaban J connectivity index is 2.27. The van der Waals surface area contributed by atoms with Gasteiger partial charge in [0.2, 0.25) is 5.91 Å². The largest absolute Gasteiger partial charge is 0.481 e. The average Bonchev–Trinajstić information content (AvgIpc) is 2.61. The Labute approximate surface area is 101 Å². The Morgan fingerprint density at radius 3 is 2.69 bits per heavy atom. The number of para-hydroxylation sites is 1. The molecule has 1 atom stereocenters. The molecule has 0 aliphatic carbocycles. The zero-order chi connectivity index (χ0) is 11.7. The van der Waals surface area contributed by atoms with E-state index in [1.165, 1.54) is 4.90 Å². The maximum atomic E-state index is 11.7. The summed E-state index contributed by atoms with van der Waals surface area (Å²) in [4.78, 5) is 24.0. The second kappa shape index (κ2) is 4.25. The van der Waals surface area contributed by atoms with Crippen molar-refractivity contribution < 1.29 is 14.7 Å². The van der Waals surface area contributed by atoms with Gasteiger partial charge in [0.15, 0.2) is 0 Å². The van der Waals surface area contributed by atoms with E-state index in [0.29, 0.717) is 0 Å². The first-order chi connectivity index (χ1) is 7.59. The number of hydrogen-bond donors (Lipinski definition) is 1. The van der Waals surface area contributed by atoms with Crippen LogP contribution in [0.15, 0.2) is 28.7 Å². The van der Waals surface area contributed by atoms with Gasteiger partial charge in [-0.25, -0.2) is 0 Å². The van der Waals surface area contributed by atoms with Gasteiger partial charge in [-0.05, 0) is 28.1 Å². The topological polar surface area (TPSA) is 57.6 Å². The lowest BCUT2D eigenvalue weighted by Gasteiger charge is -2.17. The third-order valence-electron chi connectivity index (χ3n) is 2.62. The van der Waals surface area contributed by atoms with Crippen molar-refractivity contribution >= 4 is 33.5 Å². The molecular formula is C11H10BrNO3. The minimum atomic E-state index is -0.914. The maximum absolute atomic E-state index is 11.7. The summed E-state index contributed by atoms with van der Waals surface area (Å²) < 4.78 is 0.800. The minimum Gasteiger partial charge on any atom is -0.481 e. The number of carboxylic acid groups (broad SMARTS) is 1. The van der Waals surface area contributed by atoms with Crippen LogP contribution in [0.1, 0.15) is 6.42 Å². The van der Waals surface area contributed by atoms with Gasteiger partial charge in [-0.3, -0.25) is 9.59 Å². The summed E-state index contributed by atoms with van der Waals surface area (Å²) >= 11 is 3.35. The molecule has 0 saturated carbocycles. The molecule has 16 heavy (non-hydrogen) atoms. The fourth-order valence-corrected chi connectivity index (χ4v) is 2.28. The quantitative estimate of drug-likeness (QED) is 0.902. The number of hydrogen-bond acceptors (Lipinski definition) is 2. The molecule has 1 amide bonds. The van der Waals surface area contributed by atoms with E-state index in [1.807, 2.05) is 18.2 Å². The standard InChI is InChI=1S/C11H10BrNO3/c12-8-3-1-2-4-9(8)13-6-7(11(15)16)5-10(13)14/h1-4,7H,5-6H2,(H,15,16)/t7-/m1/s1. The molecule has 1 fully saturated rings. The summed E-state index contributed by atoms with van der Waals surface area (Å²) in [5.74, 6) is -1.65. The molecule has 0 radical (unpaired) electrons. The highest BCUT2D eigenvalue weighted by Crippen LogP contribution is 2.31. The minimum absolute atomic E-state index is 0.0800. The molecule has 1 heterocycles. The van der Waals surface area contributed by atoms with E-state index in [1.54, 1.807) is 6.07 Å². The highest BCUT2D eigenvalue weighted by Gasteiger charge is 2.35. The lowest BCUT2D eigenvalue weighted by Crippen LogP contribution is -2.26. The molecule has 1 saturated heterocycles. The van der Waals surface area contributed by atoms with Gasteiger partial charge in [0.05, 0.1) is 11.6 Å². The highest BCUT2D eigenvalue weighted by atomic mass is 79.9. The number of rotatable bonds is 2. The number of benzene rings is 1. The van der Waals surface area contributed by atoms with Crippen molar-refractivity contribution in [2.45, 2.75) is 6.42 Å². The van der Waals surface area contributed by atoms with Crippen LogP contribution < -0.4 is 4.90 Å². The third kappa shape index (κ3) is 1.95. The Hall–Kier alpha value is -1.36. The fourth-order valence-electron chi connectivity index (χ4n) is 1.78. The summed E-state index contributed by atoms with van der Waals surface area (Å²) in [5.41, 5.74) is 0.733.